The van der Waals surface area contributed by atoms with Gasteiger partial charge in [-0.3, -0.25) is 9.98 Å². The molecule has 21 heavy (non-hydrogen) atoms. The predicted octanol–water partition coefficient (Wildman–Crippen LogP) is 3.49. The Morgan fingerprint density at radius 1 is 1.48 bits per heavy atom. The first-order valence-electron chi connectivity index (χ1n) is 6.73. The molecule has 0 spiro atoms. The van der Waals surface area contributed by atoms with Crippen LogP contribution in [0.15, 0.2) is 35.7 Å². The van der Waals surface area contributed by atoms with Crippen molar-refractivity contribution in [2.24, 2.45) is 4.99 Å². The van der Waals surface area contributed by atoms with Gasteiger partial charge in [-0.25, -0.2) is 4.68 Å². The summed E-state index contributed by atoms with van der Waals surface area (Å²) >= 11 is 7.96. The number of anilines is 1. The molecule has 2 rings (SSSR count). The van der Waals surface area contributed by atoms with E-state index in [1.165, 1.54) is 0 Å². The van der Waals surface area contributed by atoms with Gasteiger partial charge in [-0.2, -0.15) is 5.10 Å². The monoisotopic (exact) mass is 323 g/mol. The minimum absolute atomic E-state index is 0.446. The van der Waals surface area contributed by atoms with Gasteiger partial charge in [0.05, 0.1) is 18.1 Å². The number of nitrogens with zero attached hydrogens (tertiary/aromatic N) is 5. The lowest BCUT2D eigenvalue weighted by atomic mass is 10.4. The molecule has 0 bridgehead atoms. The van der Waals surface area contributed by atoms with Crippen molar-refractivity contribution < 1.29 is 0 Å². The summed E-state index contributed by atoms with van der Waals surface area (Å²) in [5.74, 6) is 0.956. The van der Waals surface area contributed by atoms with E-state index in [9.17, 15) is 0 Å². The molecule has 0 N–H and O–H groups in total. The van der Waals surface area contributed by atoms with E-state index >= 15 is 0 Å². The molecule has 0 atom stereocenters. The van der Waals surface area contributed by atoms with Gasteiger partial charge in [-0.15, -0.1) is 0 Å². The van der Waals surface area contributed by atoms with E-state index in [-0.39, 0.29) is 0 Å². The first kappa shape index (κ1) is 15.9. The summed E-state index contributed by atoms with van der Waals surface area (Å²) in [6.07, 6.45) is 5.36. The Bertz CT molecular complexity index is 611. The maximum atomic E-state index is 6.28. The molecule has 0 radical (unpaired) electrons. The maximum Gasteiger partial charge on any atom is 0.175 e. The van der Waals surface area contributed by atoms with Gasteiger partial charge >= 0.3 is 0 Å². The topological polar surface area (TPSA) is 46.3 Å². The molecule has 2 heterocycles. The van der Waals surface area contributed by atoms with Crippen molar-refractivity contribution in [3.8, 4) is 5.69 Å². The number of thioether (sulfide) groups is 1. The molecule has 0 aliphatic rings. The van der Waals surface area contributed by atoms with Crippen LogP contribution in [0, 0.1) is 0 Å². The lowest BCUT2D eigenvalue weighted by Crippen LogP contribution is -2.24. The number of hydrogen-bond acceptors (Lipinski definition) is 4. The van der Waals surface area contributed by atoms with E-state index in [4.69, 9.17) is 11.6 Å². The van der Waals surface area contributed by atoms with E-state index in [2.05, 4.69) is 22.0 Å². The van der Waals surface area contributed by atoms with Crippen molar-refractivity contribution in [2.75, 3.05) is 24.2 Å². The normalized spacial score (nSPS) is 11.7. The number of rotatable bonds is 4. The number of hydrogen-bond donors (Lipinski definition) is 0. The summed E-state index contributed by atoms with van der Waals surface area (Å²) in [6.45, 7) is 4.86. The second-order valence-electron chi connectivity index (χ2n) is 4.21. The molecular weight excluding hydrogens is 306 g/mol. The highest BCUT2D eigenvalue weighted by molar-refractivity contribution is 8.14. The highest BCUT2D eigenvalue weighted by Gasteiger charge is 2.16. The average molecular weight is 324 g/mol. The van der Waals surface area contributed by atoms with Crippen molar-refractivity contribution in [3.63, 3.8) is 0 Å². The Labute approximate surface area is 134 Å². The summed E-state index contributed by atoms with van der Waals surface area (Å²) in [5.41, 5.74) is 1.70. The third-order valence-electron chi connectivity index (χ3n) is 2.78. The van der Waals surface area contributed by atoms with Crippen molar-refractivity contribution in [3.05, 3.63) is 35.9 Å². The van der Waals surface area contributed by atoms with Gasteiger partial charge in [0.15, 0.2) is 10.3 Å². The van der Waals surface area contributed by atoms with Crippen LogP contribution in [0.3, 0.4) is 0 Å². The summed E-state index contributed by atoms with van der Waals surface area (Å²) < 4.78 is 1.72. The highest BCUT2D eigenvalue weighted by Crippen LogP contribution is 2.27. The molecule has 0 aliphatic carbocycles. The number of halogens is 1. The van der Waals surface area contributed by atoms with Crippen LogP contribution in [0.2, 0.25) is 5.15 Å². The fourth-order valence-electron chi connectivity index (χ4n) is 1.81. The third-order valence-corrected chi connectivity index (χ3v) is 4.00. The predicted molar refractivity (Wildman–Crippen MR) is 90.9 cm³/mol. The Balaban J connectivity index is 2.32. The third kappa shape index (κ3) is 3.77. The van der Waals surface area contributed by atoms with E-state index < -0.39 is 0 Å². The van der Waals surface area contributed by atoms with E-state index in [1.54, 1.807) is 28.8 Å². The minimum atomic E-state index is 0.446. The largest absolute Gasteiger partial charge is 0.320 e. The van der Waals surface area contributed by atoms with E-state index in [0.717, 1.165) is 28.8 Å². The molecular formula is C14H18ClN5S. The van der Waals surface area contributed by atoms with Crippen molar-refractivity contribution >= 4 is 34.2 Å². The second kappa shape index (κ2) is 7.47. The molecule has 0 unspecified atom stereocenters. The molecule has 5 nitrogen and oxygen atoms in total. The summed E-state index contributed by atoms with van der Waals surface area (Å²) in [7, 11) is 1.95. The maximum absolute atomic E-state index is 6.28. The van der Waals surface area contributed by atoms with Crippen molar-refractivity contribution in [2.45, 2.75) is 13.8 Å². The fourth-order valence-corrected chi connectivity index (χ4v) is 2.83. The van der Waals surface area contributed by atoms with Gasteiger partial charge in [0.2, 0.25) is 0 Å². The number of amidine groups is 1. The van der Waals surface area contributed by atoms with Gasteiger partial charge in [-0.05, 0) is 24.8 Å². The van der Waals surface area contributed by atoms with Gasteiger partial charge < -0.3 is 4.90 Å². The quantitative estimate of drug-likeness (QED) is 0.638. The van der Waals surface area contributed by atoms with Crippen LogP contribution in [-0.2, 0) is 0 Å². The van der Waals surface area contributed by atoms with Crippen LogP contribution < -0.4 is 4.90 Å². The average Bonchev–Trinajstić information content (AvgIpc) is 2.89. The summed E-state index contributed by atoms with van der Waals surface area (Å²) in [5, 5.41) is 5.72. The van der Waals surface area contributed by atoms with Crippen LogP contribution in [0.1, 0.15) is 13.8 Å². The second-order valence-corrected chi connectivity index (χ2v) is 5.80. The smallest absolute Gasteiger partial charge is 0.175 e. The standard InChI is InChI=1S/C14H18ClN5S/c1-4-17-14(21-5-2)19(3)12-10-20(18-13(12)15)11-7-6-8-16-9-11/h6-10H,4-5H2,1-3H3. The minimum Gasteiger partial charge on any atom is -0.320 e. The number of aliphatic imine (C=N–C) groups is 1. The molecule has 0 aliphatic heterocycles. The van der Waals surface area contributed by atoms with E-state index in [1.807, 2.05) is 37.2 Å². The van der Waals surface area contributed by atoms with Gasteiger partial charge in [0.25, 0.3) is 0 Å². The Hall–Kier alpha value is -1.53. The van der Waals surface area contributed by atoms with Crippen LogP contribution in [0.5, 0.6) is 0 Å². The fraction of sp³-hybridized carbons (Fsp3) is 0.357. The van der Waals surface area contributed by atoms with Gasteiger partial charge in [0.1, 0.15) is 5.69 Å². The highest BCUT2D eigenvalue weighted by atomic mass is 35.5. The van der Waals surface area contributed by atoms with Crippen LogP contribution in [-0.4, -0.2) is 39.3 Å². The SMILES string of the molecule is CCN=C(SCC)N(C)c1cn(-c2cccnc2)nc1Cl. The number of pyridine rings is 1. The Morgan fingerprint density at radius 2 is 2.29 bits per heavy atom. The van der Waals surface area contributed by atoms with Crippen LogP contribution in [0.25, 0.3) is 5.69 Å². The first-order valence-corrected chi connectivity index (χ1v) is 8.10. The van der Waals surface area contributed by atoms with Gasteiger partial charge in [0, 0.05) is 19.8 Å². The zero-order chi connectivity index (χ0) is 15.2. The van der Waals surface area contributed by atoms with Crippen LogP contribution >= 0.6 is 23.4 Å². The van der Waals surface area contributed by atoms with Gasteiger partial charge in [-0.1, -0.05) is 30.3 Å². The molecule has 0 aromatic carbocycles. The zero-order valence-electron chi connectivity index (χ0n) is 12.3. The molecule has 0 saturated carbocycles. The summed E-state index contributed by atoms with van der Waals surface area (Å²) in [6, 6.07) is 3.80. The van der Waals surface area contributed by atoms with Crippen LogP contribution in [0.4, 0.5) is 5.69 Å². The van der Waals surface area contributed by atoms with E-state index in [0.29, 0.717) is 5.15 Å². The zero-order valence-corrected chi connectivity index (χ0v) is 13.9. The summed E-state index contributed by atoms with van der Waals surface area (Å²) in [4.78, 5) is 10.6. The molecule has 112 valence electrons. The lowest BCUT2D eigenvalue weighted by molar-refractivity contribution is 0.874. The van der Waals surface area contributed by atoms with Crippen molar-refractivity contribution in [1.29, 1.82) is 0 Å². The molecule has 2 aromatic heterocycles. The molecule has 0 fully saturated rings. The van der Waals surface area contributed by atoms with Crippen molar-refractivity contribution in [1.82, 2.24) is 14.8 Å². The molecule has 7 heteroatoms. The molecule has 2 aromatic rings. The molecule has 0 saturated heterocycles. The lowest BCUT2D eigenvalue weighted by Gasteiger charge is -2.18. The molecule has 0 amide bonds. The Morgan fingerprint density at radius 3 is 2.90 bits per heavy atom. The number of aromatic nitrogens is 3. The Kier molecular flexibility index (Phi) is 5.64. The first-order chi connectivity index (χ1) is 10.2.